The third kappa shape index (κ3) is 6.17. The number of aryl methyl sites for hydroxylation is 1. The summed E-state index contributed by atoms with van der Waals surface area (Å²) in [5.41, 5.74) is 1.12. The van der Waals surface area contributed by atoms with Crippen molar-refractivity contribution in [3.8, 4) is 5.75 Å². The molecule has 1 aromatic rings. The van der Waals surface area contributed by atoms with Crippen LogP contribution in [0.3, 0.4) is 0 Å². The van der Waals surface area contributed by atoms with Crippen molar-refractivity contribution in [2.24, 2.45) is 0 Å². The molecule has 0 aliphatic carbocycles. The number of nitrogens with zero attached hydrogens (tertiary/aromatic N) is 1. The van der Waals surface area contributed by atoms with Crippen molar-refractivity contribution in [1.82, 2.24) is 10.2 Å². The minimum atomic E-state index is -0.106. The van der Waals surface area contributed by atoms with Gasteiger partial charge < -0.3 is 15.0 Å². The summed E-state index contributed by atoms with van der Waals surface area (Å²) in [5, 5.41) is 2.86. The molecule has 1 N–H and O–H groups in total. The maximum absolute atomic E-state index is 11.9. The van der Waals surface area contributed by atoms with E-state index in [-0.39, 0.29) is 6.03 Å². The Hall–Kier alpha value is -2.23. The number of rotatable bonds is 9. The maximum Gasteiger partial charge on any atom is 0.317 e. The van der Waals surface area contributed by atoms with Crippen molar-refractivity contribution in [1.29, 1.82) is 0 Å². The SMILES string of the molecule is C=CCN(CC=C)C(=O)NCCCOc1ccccc1C. The molecule has 0 radical (unpaired) electrons. The maximum atomic E-state index is 11.9. The Kier molecular flexibility index (Phi) is 7.72. The highest BCUT2D eigenvalue weighted by molar-refractivity contribution is 5.74. The van der Waals surface area contributed by atoms with E-state index in [1.165, 1.54) is 0 Å². The van der Waals surface area contributed by atoms with Gasteiger partial charge in [0.15, 0.2) is 0 Å². The Balaban J connectivity index is 2.24. The summed E-state index contributed by atoms with van der Waals surface area (Å²) >= 11 is 0. The molecule has 0 saturated heterocycles. The number of ether oxygens (including phenoxy) is 1. The van der Waals surface area contributed by atoms with Crippen molar-refractivity contribution in [3.63, 3.8) is 0 Å². The van der Waals surface area contributed by atoms with Gasteiger partial charge in [-0.05, 0) is 25.0 Å². The van der Waals surface area contributed by atoms with E-state index in [1.54, 1.807) is 17.1 Å². The zero-order valence-corrected chi connectivity index (χ0v) is 12.7. The molecule has 0 spiro atoms. The van der Waals surface area contributed by atoms with Gasteiger partial charge in [0.1, 0.15) is 5.75 Å². The Morgan fingerprint density at radius 1 is 1.29 bits per heavy atom. The van der Waals surface area contributed by atoms with E-state index >= 15 is 0 Å². The molecule has 4 heteroatoms. The number of benzene rings is 1. The second-order valence-electron chi connectivity index (χ2n) is 4.68. The third-order valence-corrected chi connectivity index (χ3v) is 2.93. The van der Waals surface area contributed by atoms with Crippen LogP contribution in [0.5, 0.6) is 5.75 Å². The summed E-state index contributed by atoms with van der Waals surface area (Å²) in [5.74, 6) is 0.892. The first-order valence-corrected chi connectivity index (χ1v) is 7.12. The van der Waals surface area contributed by atoms with Crippen LogP contribution in [0.1, 0.15) is 12.0 Å². The normalized spacial score (nSPS) is 9.76. The summed E-state index contributed by atoms with van der Waals surface area (Å²) in [6.07, 6.45) is 4.16. The zero-order valence-electron chi connectivity index (χ0n) is 12.7. The molecule has 0 unspecified atom stereocenters. The van der Waals surface area contributed by atoms with E-state index in [9.17, 15) is 4.79 Å². The van der Waals surface area contributed by atoms with Gasteiger partial charge in [0, 0.05) is 19.6 Å². The van der Waals surface area contributed by atoms with Gasteiger partial charge in [-0.2, -0.15) is 0 Å². The predicted molar refractivity (Wildman–Crippen MR) is 86.7 cm³/mol. The summed E-state index contributed by atoms with van der Waals surface area (Å²) in [7, 11) is 0. The predicted octanol–water partition coefficient (Wildman–Crippen LogP) is 3.15. The number of para-hydroxylation sites is 1. The number of urea groups is 1. The fourth-order valence-electron chi connectivity index (χ4n) is 1.83. The van der Waals surface area contributed by atoms with Crippen molar-refractivity contribution in [3.05, 3.63) is 55.1 Å². The molecule has 0 heterocycles. The van der Waals surface area contributed by atoms with Gasteiger partial charge in [-0.15, -0.1) is 13.2 Å². The topological polar surface area (TPSA) is 41.6 Å². The molecule has 0 aliphatic heterocycles. The average Bonchev–Trinajstić information content (AvgIpc) is 2.48. The first kappa shape index (κ1) is 16.8. The van der Waals surface area contributed by atoms with Crippen LogP contribution in [-0.4, -0.2) is 37.2 Å². The Bertz CT molecular complexity index is 462. The summed E-state index contributed by atoms with van der Waals surface area (Å²) < 4.78 is 5.68. The molecule has 0 atom stereocenters. The minimum Gasteiger partial charge on any atom is -0.493 e. The van der Waals surface area contributed by atoms with Crippen LogP contribution in [0.2, 0.25) is 0 Å². The molecule has 4 nitrogen and oxygen atoms in total. The molecule has 0 fully saturated rings. The summed E-state index contributed by atoms with van der Waals surface area (Å²) in [6.45, 7) is 11.5. The number of carbonyl (C=O) groups excluding carboxylic acids is 1. The Labute approximate surface area is 127 Å². The molecule has 0 bridgehead atoms. The lowest BCUT2D eigenvalue weighted by atomic mass is 10.2. The molecular weight excluding hydrogens is 264 g/mol. The lowest BCUT2D eigenvalue weighted by molar-refractivity contribution is 0.207. The fourth-order valence-corrected chi connectivity index (χ4v) is 1.83. The monoisotopic (exact) mass is 288 g/mol. The highest BCUT2D eigenvalue weighted by atomic mass is 16.5. The van der Waals surface area contributed by atoms with Gasteiger partial charge in [-0.1, -0.05) is 30.4 Å². The molecule has 0 saturated carbocycles. The van der Waals surface area contributed by atoms with Crippen LogP contribution >= 0.6 is 0 Å². The molecule has 1 rings (SSSR count). The van der Waals surface area contributed by atoms with Crippen LogP contribution in [0.15, 0.2) is 49.6 Å². The highest BCUT2D eigenvalue weighted by Gasteiger charge is 2.08. The number of hydrogen-bond donors (Lipinski definition) is 1. The number of carbonyl (C=O) groups is 1. The van der Waals surface area contributed by atoms with E-state index < -0.39 is 0 Å². The molecular formula is C17H24N2O2. The summed E-state index contributed by atoms with van der Waals surface area (Å²) in [6, 6.07) is 7.79. The van der Waals surface area contributed by atoms with Crippen LogP contribution in [-0.2, 0) is 0 Å². The number of hydrogen-bond acceptors (Lipinski definition) is 2. The minimum absolute atomic E-state index is 0.106. The highest BCUT2D eigenvalue weighted by Crippen LogP contribution is 2.15. The second-order valence-corrected chi connectivity index (χ2v) is 4.68. The number of amides is 2. The second kappa shape index (κ2) is 9.64. The van der Waals surface area contributed by atoms with E-state index in [0.29, 0.717) is 26.2 Å². The summed E-state index contributed by atoms with van der Waals surface area (Å²) in [4.78, 5) is 13.5. The van der Waals surface area contributed by atoms with Gasteiger partial charge in [0.2, 0.25) is 0 Å². The molecule has 1 aromatic carbocycles. The van der Waals surface area contributed by atoms with Crippen LogP contribution in [0.25, 0.3) is 0 Å². The van der Waals surface area contributed by atoms with E-state index in [4.69, 9.17) is 4.74 Å². The third-order valence-electron chi connectivity index (χ3n) is 2.93. The molecule has 2 amide bonds. The van der Waals surface area contributed by atoms with Crippen molar-refractivity contribution >= 4 is 6.03 Å². The molecule has 114 valence electrons. The Morgan fingerprint density at radius 2 is 1.95 bits per heavy atom. The lowest BCUT2D eigenvalue weighted by Crippen LogP contribution is -2.40. The largest absolute Gasteiger partial charge is 0.493 e. The van der Waals surface area contributed by atoms with Gasteiger partial charge in [-0.25, -0.2) is 4.79 Å². The van der Waals surface area contributed by atoms with Crippen LogP contribution < -0.4 is 10.1 Å². The van der Waals surface area contributed by atoms with E-state index in [2.05, 4.69) is 18.5 Å². The quantitative estimate of drug-likeness (QED) is 0.560. The smallest absolute Gasteiger partial charge is 0.317 e. The van der Waals surface area contributed by atoms with Gasteiger partial charge in [0.05, 0.1) is 6.61 Å². The standard InChI is InChI=1S/C17H24N2O2/c1-4-12-19(13-5-2)17(20)18-11-8-14-21-16-10-7-6-9-15(16)3/h4-7,9-10H,1-2,8,11-14H2,3H3,(H,18,20). The first-order chi connectivity index (χ1) is 10.2. The van der Waals surface area contributed by atoms with Gasteiger partial charge in [0.25, 0.3) is 0 Å². The molecule has 0 aliphatic rings. The van der Waals surface area contributed by atoms with Crippen molar-refractivity contribution in [2.45, 2.75) is 13.3 Å². The van der Waals surface area contributed by atoms with E-state index in [1.807, 2.05) is 31.2 Å². The fraction of sp³-hybridized carbons (Fsp3) is 0.353. The van der Waals surface area contributed by atoms with Crippen molar-refractivity contribution in [2.75, 3.05) is 26.2 Å². The lowest BCUT2D eigenvalue weighted by Gasteiger charge is -2.19. The van der Waals surface area contributed by atoms with Crippen LogP contribution in [0.4, 0.5) is 4.79 Å². The zero-order chi connectivity index (χ0) is 15.5. The van der Waals surface area contributed by atoms with Crippen LogP contribution in [0, 0.1) is 6.92 Å². The van der Waals surface area contributed by atoms with Gasteiger partial charge in [-0.3, -0.25) is 0 Å². The van der Waals surface area contributed by atoms with Crippen molar-refractivity contribution < 1.29 is 9.53 Å². The molecule has 0 aromatic heterocycles. The first-order valence-electron chi connectivity index (χ1n) is 7.12. The van der Waals surface area contributed by atoms with E-state index in [0.717, 1.165) is 17.7 Å². The van der Waals surface area contributed by atoms with Gasteiger partial charge >= 0.3 is 6.03 Å². The molecule has 21 heavy (non-hydrogen) atoms. The average molecular weight is 288 g/mol. The number of nitrogens with one attached hydrogen (secondary N) is 1. The Morgan fingerprint density at radius 3 is 2.57 bits per heavy atom.